The molecule has 2 nitrogen and oxygen atoms in total. The lowest BCUT2D eigenvalue weighted by molar-refractivity contribution is 0.0568. The number of nitrogens with two attached hydrogens (primary N) is 1. The van der Waals surface area contributed by atoms with E-state index in [4.69, 9.17) is 10.5 Å². The summed E-state index contributed by atoms with van der Waals surface area (Å²) in [6, 6.07) is 0. The molecule has 0 aliphatic carbocycles. The molecule has 0 aliphatic heterocycles. The van der Waals surface area contributed by atoms with Gasteiger partial charge in [-0.05, 0) is 20.3 Å². The van der Waals surface area contributed by atoms with Gasteiger partial charge in [0.1, 0.15) is 7.85 Å². The molecule has 0 saturated heterocycles. The average Bonchev–Trinajstić information content (AvgIpc) is 2.10. The Hall–Kier alpha value is -0.435. The first-order valence-electron chi connectivity index (χ1n) is 5.15. The number of ether oxygens (including phenoxy) is 1. The Balaban J connectivity index is 3.94. The first-order valence-corrected chi connectivity index (χ1v) is 5.15. The van der Waals surface area contributed by atoms with Crippen LogP contribution in [0.4, 0.5) is 0 Å². The summed E-state index contributed by atoms with van der Waals surface area (Å²) >= 11 is 0. The van der Waals surface area contributed by atoms with Gasteiger partial charge in [0.2, 0.25) is 0 Å². The second kappa shape index (κ2) is 7.02. The quantitative estimate of drug-likeness (QED) is 0.629. The van der Waals surface area contributed by atoms with Crippen LogP contribution < -0.4 is 5.73 Å². The summed E-state index contributed by atoms with van der Waals surface area (Å²) in [7, 11) is 1.98. The fourth-order valence-electron chi connectivity index (χ4n) is 1.24. The molecule has 0 rings (SSSR count). The van der Waals surface area contributed by atoms with Crippen molar-refractivity contribution in [2.24, 2.45) is 11.7 Å². The highest BCUT2D eigenvalue weighted by molar-refractivity contribution is 6.17. The summed E-state index contributed by atoms with van der Waals surface area (Å²) < 4.78 is 5.56. The van der Waals surface area contributed by atoms with Crippen LogP contribution in [0.15, 0.2) is 11.7 Å². The van der Waals surface area contributed by atoms with E-state index in [0.717, 1.165) is 25.1 Å². The van der Waals surface area contributed by atoms with Crippen molar-refractivity contribution in [1.82, 2.24) is 0 Å². The van der Waals surface area contributed by atoms with Gasteiger partial charge in [-0.2, -0.15) is 0 Å². The highest BCUT2D eigenvalue weighted by atomic mass is 16.5. The van der Waals surface area contributed by atoms with E-state index in [1.807, 2.05) is 13.8 Å². The van der Waals surface area contributed by atoms with Crippen LogP contribution in [0, 0.1) is 5.92 Å². The van der Waals surface area contributed by atoms with Crippen molar-refractivity contribution in [3.8, 4) is 0 Å². The van der Waals surface area contributed by atoms with Crippen LogP contribution >= 0.6 is 0 Å². The van der Waals surface area contributed by atoms with Gasteiger partial charge in [0.15, 0.2) is 0 Å². The Labute approximate surface area is 82.9 Å². The standard InChI is InChI=1S/C10H22BNO/c1-4-5-9(10(12)6-11)7-13-8(2)3/h6,8-9H,4-5,7,11-12H2,1-3H3/b10-6+/t9-/m1/s1. The first-order chi connectivity index (χ1) is 6.11. The molecule has 0 spiro atoms. The maximum Gasteiger partial charge on any atom is 0.131 e. The molecule has 13 heavy (non-hydrogen) atoms. The Morgan fingerprint density at radius 1 is 1.54 bits per heavy atom. The summed E-state index contributed by atoms with van der Waals surface area (Å²) in [5.41, 5.74) is 6.83. The van der Waals surface area contributed by atoms with Crippen molar-refractivity contribution in [3.63, 3.8) is 0 Å². The fourth-order valence-corrected chi connectivity index (χ4v) is 1.24. The molecule has 0 aromatic rings. The number of hydrogen-bond donors (Lipinski definition) is 1. The van der Waals surface area contributed by atoms with Crippen molar-refractivity contribution < 1.29 is 4.74 Å². The van der Waals surface area contributed by atoms with Gasteiger partial charge in [0, 0.05) is 11.6 Å². The molecule has 3 heteroatoms. The number of rotatable bonds is 6. The van der Waals surface area contributed by atoms with E-state index in [1.165, 1.54) is 0 Å². The van der Waals surface area contributed by atoms with Gasteiger partial charge < -0.3 is 10.5 Å². The minimum Gasteiger partial charge on any atom is -0.403 e. The Bertz CT molecular complexity index is 157. The van der Waals surface area contributed by atoms with E-state index in [1.54, 1.807) is 0 Å². The second-order valence-electron chi connectivity index (χ2n) is 3.66. The minimum atomic E-state index is 0.295. The summed E-state index contributed by atoms with van der Waals surface area (Å²) in [5, 5.41) is 0. The lowest BCUT2D eigenvalue weighted by atomic mass is 9.96. The van der Waals surface area contributed by atoms with Gasteiger partial charge in [-0.3, -0.25) is 0 Å². The van der Waals surface area contributed by atoms with Gasteiger partial charge in [-0.15, -0.1) is 5.98 Å². The summed E-state index contributed by atoms with van der Waals surface area (Å²) in [5.74, 6) is 2.38. The molecular formula is C10H22BNO. The second-order valence-corrected chi connectivity index (χ2v) is 3.66. The van der Waals surface area contributed by atoms with E-state index in [-0.39, 0.29) is 0 Å². The zero-order chi connectivity index (χ0) is 10.3. The third kappa shape index (κ3) is 5.75. The van der Waals surface area contributed by atoms with Gasteiger partial charge >= 0.3 is 0 Å². The van der Waals surface area contributed by atoms with E-state index < -0.39 is 0 Å². The summed E-state index contributed by atoms with van der Waals surface area (Å²) in [6.45, 7) is 7.02. The lowest BCUT2D eigenvalue weighted by Gasteiger charge is -2.18. The normalized spacial score (nSPS) is 14.9. The highest BCUT2D eigenvalue weighted by Crippen LogP contribution is 2.13. The third-order valence-corrected chi connectivity index (χ3v) is 2.07. The highest BCUT2D eigenvalue weighted by Gasteiger charge is 2.10. The van der Waals surface area contributed by atoms with Crippen molar-refractivity contribution >= 4 is 7.85 Å². The monoisotopic (exact) mass is 183 g/mol. The Morgan fingerprint density at radius 2 is 2.15 bits per heavy atom. The molecule has 0 aliphatic rings. The van der Waals surface area contributed by atoms with Crippen LogP contribution in [-0.4, -0.2) is 20.6 Å². The molecule has 0 fully saturated rings. The minimum absolute atomic E-state index is 0.295. The topological polar surface area (TPSA) is 35.2 Å². The van der Waals surface area contributed by atoms with E-state index in [0.29, 0.717) is 12.0 Å². The van der Waals surface area contributed by atoms with Crippen LogP contribution in [0.5, 0.6) is 0 Å². The molecule has 0 radical (unpaired) electrons. The van der Waals surface area contributed by atoms with Crippen LogP contribution in [0.25, 0.3) is 0 Å². The molecular weight excluding hydrogens is 161 g/mol. The van der Waals surface area contributed by atoms with Gasteiger partial charge in [-0.25, -0.2) is 0 Å². The van der Waals surface area contributed by atoms with Crippen LogP contribution in [0.2, 0.25) is 0 Å². The largest absolute Gasteiger partial charge is 0.403 e. The van der Waals surface area contributed by atoms with Crippen LogP contribution in [-0.2, 0) is 4.74 Å². The predicted molar refractivity (Wildman–Crippen MR) is 60.3 cm³/mol. The molecule has 0 amide bonds. The molecule has 0 aromatic carbocycles. The van der Waals surface area contributed by atoms with Gasteiger partial charge in [-0.1, -0.05) is 13.3 Å². The van der Waals surface area contributed by atoms with E-state index in [9.17, 15) is 0 Å². The molecule has 0 unspecified atom stereocenters. The fraction of sp³-hybridized carbons (Fsp3) is 0.800. The Kier molecular flexibility index (Phi) is 6.78. The maximum atomic E-state index is 5.87. The third-order valence-electron chi connectivity index (χ3n) is 2.07. The lowest BCUT2D eigenvalue weighted by Crippen LogP contribution is -2.20. The van der Waals surface area contributed by atoms with Gasteiger partial charge in [0.25, 0.3) is 0 Å². The van der Waals surface area contributed by atoms with E-state index >= 15 is 0 Å². The number of hydrogen-bond acceptors (Lipinski definition) is 2. The smallest absolute Gasteiger partial charge is 0.131 e. The SMILES string of the molecule is B/C=C(/N)[C@H](CCC)COC(C)C. The zero-order valence-corrected chi connectivity index (χ0v) is 9.34. The van der Waals surface area contributed by atoms with Crippen molar-refractivity contribution in [3.05, 3.63) is 11.7 Å². The molecule has 2 N–H and O–H groups in total. The zero-order valence-electron chi connectivity index (χ0n) is 9.34. The van der Waals surface area contributed by atoms with Crippen LogP contribution in [0.3, 0.4) is 0 Å². The molecule has 76 valence electrons. The average molecular weight is 183 g/mol. The molecule has 0 aromatic heterocycles. The molecule has 0 saturated carbocycles. The van der Waals surface area contributed by atoms with Crippen LogP contribution in [0.1, 0.15) is 33.6 Å². The van der Waals surface area contributed by atoms with E-state index in [2.05, 4.69) is 20.8 Å². The van der Waals surface area contributed by atoms with Crippen molar-refractivity contribution in [2.45, 2.75) is 39.7 Å². The molecule has 0 bridgehead atoms. The molecule has 0 heterocycles. The van der Waals surface area contributed by atoms with Crippen molar-refractivity contribution in [1.29, 1.82) is 0 Å². The summed E-state index contributed by atoms with van der Waals surface area (Å²) in [6.07, 6.45) is 2.56. The molecule has 1 atom stereocenters. The maximum absolute atomic E-state index is 5.87. The summed E-state index contributed by atoms with van der Waals surface area (Å²) in [4.78, 5) is 0. The predicted octanol–water partition coefficient (Wildman–Crippen LogP) is 1.26. The van der Waals surface area contributed by atoms with Gasteiger partial charge in [0.05, 0.1) is 12.7 Å². The Morgan fingerprint density at radius 3 is 2.54 bits per heavy atom. The van der Waals surface area contributed by atoms with Crippen molar-refractivity contribution in [2.75, 3.05) is 6.61 Å². The first kappa shape index (κ1) is 12.6.